The normalized spacial score (nSPS) is 10.6. The maximum atomic E-state index is 12.7. The van der Waals surface area contributed by atoms with Gasteiger partial charge in [-0.05, 0) is 49.4 Å². The predicted octanol–water partition coefficient (Wildman–Crippen LogP) is 4.49. The second-order valence-electron chi connectivity index (χ2n) is 6.47. The van der Waals surface area contributed by atoms with E-state index in [1.54, 1.807) is 28.6 Å². The van der Waals surface area contributed by atoms with E-state index >= 15 is 0 Å². The number of aryl methyl sites for hydroxylation is 2. The first-order valence-corrected chi connectivity index (χ1v) is 9.91. The van der Waals surface area contributed by atoms with Crippen LogP contribution in [-0.2, 0) is 6.54 Å². The summed E-state index contributed by atoms with van der Waals surface area (Å²) in [5.41, 5.74) is 4.43. The molecule has 0 saturated carbocycles. The van der Waals surface area contributed by atoms with E-state index in [0.29, 0.717) is 12.1 Å². The number of carbonyl (C=O) groups excluding carboxylic acids is 1. The number of pyridine rings is 1. The highest BCUT2D eigenvalue weighted by molar-refractivity contribution is 7.98. The minimum Gasteiger partial charge on any atom is -0.321 e. The fraction of sp³-hybridized carbons (Fsp3) is 0.182. The van der Waals surface area contributed by atoms with Crippen LogP contribution in [0.2, 0.25) is 0 Å². The Bertz CT molecular complexity index is 1040. The predicted molar refractivity (Wildman–Crippen MR) is 112 cm³/mol. The number of benzene rings is 2. The van der Waals surface area contributed by atoms with Crippen LogP contribution in [0.5, 0.6) is 0 Å². The molecule has 2 aromatic carbocycles. The van der Waals surface area contributed by atoms with Crippen molar-refractivity contribution in [2.75, 3.05) is 11.6 Å². The molecule has 3 aromatic rings. The van der Waals surface area contributed by atoms with Gasteiger partial charge < -0.3 is 9.88 Å². The summed E-state index contributed by atoms with van der Waals surface area (Å²) in [5.74, 6) is -0.230. The van der Waals surface area contributed by atoms with Gasteiger partial charge in [-0.25, -0.2) is 0 Å². The number of hydrogen-bond donors (Lipinski definition) is 1. The van der Waals surface area contributed by atoms with E-state index in [0.717, 1.165) is 27.3 Å². The van der Waals surface area contributed by atoms with Gasteiger partial charge in [0.25, 0.3) is 11.5 Å². The molecule has 0 saturated heterocycles. The van der Waals surface area contributed by atoms with Crippen LogP contribution in [0.4, 0.5) is 5.69 Å². The standard InChI is InChI=1S/C22H22N2O2S/c1-15-8-9-16(2)18(12-15)14-24-13-17(10-11-21(24)25)22(26)23-19-6-4-5-7-20(19)27-3/h4-13H,14H2,1-3H3,(H,23,26). The molecule has 138 valence electrons. The van der Waals surface area contributed by atoms with Gasteiger partial charge in [-0.2, -0.15) is 0 Å². The monoisotopic (exact) mass is 378 g/mol. The van der Waals surface area contributed by atoms with Crippen molar-refractivity contribution >= 4 is 23.4 Å². The van der Waals surface area contributed by atoms with Crippen LogP contribution in [0, 0.1) is 13.8 Å². The number of nitrogens with zero attached hydrogens (tertiary/aromatic N) is 1. The van der Waals surface area contributed by atoms with Crippen molar-refractivity contribution in [1.29, 1.82) is 0 Å². The Hall–Kier alpha value is -2.79. The third-order valence-electron chi connectivity index (χ3n) is 4.45. The lowest BCUT2D eigenvalue weighted by atomic mass is 10.1. The maximum absolute atomic E-state index is 12.7. The lowest BCUT2D eigenvalue weighted by Gasteiger charge is -2.12. The van der Waals surface area contributed by atoms with Crippen molar-refractivity contribution < 1.29 is 4.79 Å². The van der Waals surface area contributed by atoms with Crippen LogP contribution in [0.3, 0.4) is 0 Å². The molecule has 0 unspecified atom stereocenters. The smallest absolute Gasteiger partial charge is 0.257 e. The summed E-state index contributed by atoms with van der Waals surface area (Å²) >= 11 is 1.57. The highest BCUT2D eigenvalue weighted by Crippen LogP contribution is 2.25. The Morgan fingerprint density at radius 2 is 1.85 bits per heavy atom. The molecule has 0 aliphatic carbocycles. The number of nitrogens with one attached hydrogen (secondary N) is 1. The molecule has 0 fully saturated rings. The third-order valence-corrected chi connectivity index (χ3v) is 5.24. The number of rotatable bonds is 5. The summed E-state index contributed by atoms with van der Waals surface area (Å²) in [6.07, 6.45) is 3.59. The molecule has 1 aromatic heterocycles. The van der Waals surface area contributed by atoms with Gasteiger partial charge in [0, 0.05) is 17.2 Å². The zero-order valence-corrected chi connectivity index (χ0v) is 16.5. The van der Waals surface area contributed by atoms with E-state index in [4.69, 9.17) is 0 Å². The number of para-hydroxylation sites is 1. The number of thioether (sulfide) groups is 1. The molecule has 0 bridgehead atoms. The number of carbonyl (C=O) groups is 1. The van der Waals surface area contributed by atoms with Crippen LogP contribution in [0.25, 0.3) is 0 Å². The lowest BCUT2D eigenvalue weighted by Crippen LogP contribution is -2.23. The second-order valence-corrected chi connectivity index (χ2v) is 7.32. The quantitative estimate of drug-likeness (QED) is 0.666. The molecule has 0 radical (unpaired) electrons. The Morgan fingerprint density at radius 3 is 2.63 bits per heavy atom. The van der Waals surface area contributed by atoms with Gasteiger partial charge in [-0.15, -0.1) is 11.8 Å². The van der Waals surface area contributed by atoms with Gasteiger partial charge in [0.15, 0.2) is 0 Å². The minimum absolute atomic E-state index is 0.128. The molecule has 0 atom stereocenters. The van der Waals surface area contributed by atoms with Crippen LogP contribution in [0.1, 0.15) is 27.0 Å². The SMILES string of the molecule is CSc1ccccc1NC(=O)c1ccc(=O)n(Cc2cc(C)ccc2C)c1. The van der Waals surface area contributed by atoms with Crippen LogP contribution < -0.4 is 10.9 Å². The van der Waals surface area contributed by atoms with Crippen molar-refractivity contribution in [3.63, 3.8) is 0 Å². The Labute approximate surface area is 163 Å². The third kappa shape index (κ3) is 4.49. The first-order chi connectivity index (χ1) is 13.0. The fourth-order valence-electron chi connectivity index (χ4n) is 2.89. The van der Waals surface area contributed by atoms with Gasteiger partial charge >= 0.3 is 0 Å². The molecule has 1 N–H and O–H groups in total. The lowest BCUT2D eigenvalue weighted by molar-refractivity contribution is 0.102. The Balaban J connectivity index is 1.87. The molecule has 0 spiro atoms. The van der Waals surface area contributed by atoms with Crippen molar-refractivity contribution in [3.05, 3.63) is 93.4 Å². The average molecular weight is 378 g/mol. The van der Waals surface area contributed by atoms with Crippen LogP contribution >= 0.6 is 11.8 Å². The molecule has 1 amide bonds. The second kappa shape index (κ2) is 8.27. The number of hydrogen-bond acceptors (Lipinski definition) is 3. The summed E-state index contributed by atoms with van der Waals surface area (Å²) in [6, 6.07) is 16.8. The van der Waals surface area contributed by atoms with E-state index < -0.39 is 0 Å². The van der Waals surface area contributed by atoms with Gasteiger partial charge in [-0.3, -0.25) is 9.59 Å². The summed E-state index contributed by atoms with van der Waals surface area (Å²) in [7, 11) is 0. The zero-order valence-electron chi connectivity index (χ0n) is 15.7. The molecule has 4 nitrogen and oxygen atoms in total. The number of anilines is 1. The fourth-order valence-corrected chi connectivity index (χ4v) is 3.44. The first-order valence-electron chi connectivity index (χ1n) is 8.69. The summed E-state index contributed by atoms with van der Waals surface area (Å²) < 4.78 is 1.58. The van der Waals surface area contributed by atoms with Gasteiger partial charge in [-0.1, -0.05) is 35.9 Å². The van der Waals surface area contributed by atoms with Crippen molar-refractivity contribution in [3.8, 4) is 0 Å². The molecular formula is C22H22N2O2S. The van der Waals surface area contributed by atoms with Crippen LogP contribution in [-0.4, -0.2) is 16.7 Å². The molecule has 3 rings (SSSR count). The summed E-state index contributed by atoms with van der Waals surface area (Å²) in [4.78, 5) is 26.0. The largest absolute Gasteiger partial charge is 0.321 e. The molecule has 1 heterocycles. The molecular weight excluding hydrogens is 356 g/mol. The van der Waals surface area contributed by atoms with E-state index in [1.165, 1.54) is 6.07 Å². The first kappa shape index (κ1) is 19.0. The van der Waals surface area contributed by atoms with E-state index in [-0.39, 0.29) is 11.5 Å². The minimum atomic E-state index is -0.230. The summed E-state index contributed by atoms with van der Waals surface area (Å²) in [6.45, 7) is 4.49. The average Bonchev–Trinajstić information content (AvgIpc) is 2.66. The van der Waals surface area contributed by atoms with E-state index in [1.807, 2.05) is 50.4 Å². The maximum Gasteiger partial charge on any atom is 0.257 e. The number of amides is 1. The van der Waals surface area contributed by atoms with Crippen molar-refractivity contribution in [2.24, 2.45) is 0 Å². The van der Waals surface area contributed by atoms with Crippen molar-refractivity contribution in [1.82, 2.24) is 4.57 Å². The van der Waals surface area contributed by atoms with Gasteiger partial charge in [0.1, 0.15) is 0 Å². The summed E-state index contributed by atoms with van der Waals surface area (Å²) in [5, 5.41) is 2.93. The van der Waals surface area contributed by atoms with Crippen LogP contribution in [0.15, 0.2) is 70.5 Å². The van der Waals surface area contributed by atoms with Gasteiger partial charge in [0.05, 0.1) is 17.8 Å². The Kier molecular flexibility index (Phi) is 5.81. The number of aromatic nitrogens is 1. The topological polar surface area (TPSA) is 51.1 Å². The van der Waals surface area contributed by atoms with E-state index in [2.05, 4.69) is 17.4 Å². The highest BCUT2D eigenvalue weighted by Gasteiger charge is 2.11. The molecule has 27 heavy (non-hydrogen) atoms. The van der Waals surface area contributed by atoms with E-state index in [9.17, 15) is 9.59 Å². The van der Waals surface area contributed by atoms with Gasteiger partial charge in [0.2, 0.25) is 0 Å². The Morgan fingerprint density at radius 1 is 1.07 bits per heavy atom. The zero-order chi connectivity index (χ0) is 19.4. The molecule has 0 aliphatic heterocycles. The van der Waals surface area contributed by atoms with Crippen molar-refractivity contribution in [2.45, 2.75) is 25.3 Å². The highest BCUT2D eigenvalue weighted by atomic mass is 32.2. The molecule has 5 heteroatoms. The molecule has 0 aliphatic rings.